The summed E-state index contributed by atoms with van der Waals surface area (Å²) in [7, 11) is -3.86. The summed E-state index contributed by atoms with van der Waals surface area (Å²) in [6.07, 6.45) is 0. The molecule has 0 fully saturated rings. The normalized spacial score (nSPS) is 13.6. The van der Waals surface area contributed by atoms with Gasteiger partial charge in [0, 0.05) is 17.1 Å². The summed E-state index contributed by atoms with van der Waals surface area (Å²) in [5.74, 6) is -0.791. The minimum atomic E-state index is -3.86. The van der Waals surface area contributed by atoms with Crippen molar-refractivity contribution in [3.05, 3.63) is 28.5 Å². The van der Waals surface area contributed by atoms with E-state index < -0.39 is 21.9 Å². The van der Waals surface area contributed by atoms with E-state index in [4.69, 9.17) is 4.74 Å². The Morgan fingerprint density at radius 3 is 2.72 bits per heavy atom. The molecule has 0 aromatic heterocycles. The van der Waals surface area contributed by atoms with Gasteiger partial charge in [-0.15, -0.1) is 0 Å². The lowest BCUT2D eigenvalue weighted by Gasteiger charge is -2.14. The number of hydrogen-bond acceptors (Lipinski definition) is 3. The maximum Gasteiger partial charge on any atom is 0.243 e. The molecule has 1 rings (SSSR count). The Balaban J connectivity index is 2.86. The molecular weight excluding hydrogens is 325 g/mol. The minimum absolute atomic E-state index is 0.244. The van der Waals surface area contributed by atoms with Crippen LogP contribution in [0.2, 0.25) is 0 Å². The molecule has 0 saturated heterocycles. The average Bonchev–Trinajstić information content (AvgIpc) is 2.25. The highest BCUT2D eigenvalue weighted by molar-refractivity contribution is 9.10. The predicted molar refractivity (Wildman–Crippen MR) is 70.4 cm³/mol. The SMILES string of the molecule is CCOCC(C)NS(=O)(=O)c1ccc(Br)cc1F. The van der Waals surface area contributed by atoms with Crippen LogP contribution in [0.1, 0.15) is 13.8 Å². The van der Waals surface area contributed by atoms with Gasteiger partial charge in [-0.2, -0.15) is 0 Å². The van der Waals surface area contributed by atoms with Crippen molar-refractivity contribution in [3.8, 4) is 0 Å². The van der Waals surface area contributed by atoms with Crippen molar-refractivity contribution in [1.82, 2.24) is 4.72 Å². The van der Waals surface area contributed by atoms with Crippen LogP contribution in [0.5, 0.6) is 0 Å². The van der Waals surface area contributed by atoms with Gasteiger partial charge in [0.25, 0.3) is 0 Å². The van der Waals surface area contributed by atoms with E-state index in [1.807, 2.05) is 6.92 Å². The van der Waals surface area contributed by atoms with E-state index in [0.717, 1.165) is 6.07 Å². The monoisotopic (exact) mass is 339 g/mol. The van der Waals surface area contributed by atoms with E-state index in [9.17, 15) is 12.8 Å². The predicted octanol–water partition coefficient (Wildman–Crippen LogP) is 2.29. The summed E-state index contributed by atoms with van der Waals surface area (Å²) in [6.45, 7) is 4.21. The molecule has 1 aromatic carbocycles. The van der Waals surface area contributed by atoms with Crippen LogP contribution in [0.25, 0.3) is 0 Å². The van der Waals surface area contributed by atoms with Gasteiger partial charge < -0.3 is 4.74 Å². The summed E-state index contributed by atoms with van der Waals surface area (Å²) < 4.78 is 45.3. The van der Waals surface area contributed by atoms with Gasteiger partial charge in [-0.25, -0.2) is 17.5 Å². The van der Waals surface area contributed by atoms with E-state index >= 15 is 0 Å². The van der Waals surface area contributed by atoms with Gasteiger partial charge in [-0.05, 0) is 32.0 Å². The van der Waals surface area contributed by atoms with Gasteiger partial charge >= 0.3 is 0 Å². The third kappa shape index (κ3) is 4.31. The van der Waals surface area contributed by atoms with Crippen molar-refractivity contribution in [2.45, 2.75) is 24.8 Å². The molecule has 0 aliphatic rings. The third-order valence-corrected chi connectivity index (χ3v) is 4.23. The van der Waals surface area contributed by atoms with Crippen LogP contribution in [0.3, 0.4) is 0 Å². The number of nitrogens with one attached hydrogen (secondary N) is 1. The Hall–Kier alpha value is -0.500. The Labute approximate surface area is 115 Å². The molecule has 0 radical (unpaired) electrons. The van der Waals surface area contributed by atoms with E-state index in [1.54, 1.807) is 6.92 Å². The summed E-state index contributed by atoms with van der Waals surface area (Å²) in [5, 5.41) is 0. The first kappa shape index (κ1) is 15.6. The number of ether oxygens (including phenoxy) is 1. The van der Waals surface area contributed by atoms with Crippen molar-refractivity contribution >= 4 is 26.0 Å². The zero-order valence-corrected chi connectivity index (χ0v) is 12.5. The zero-order chi connectivity index (χ0) is 13.8. The molecule has 1 aromatic rings. The topological polar surface area (TPSA) is 55.4 Å². The Bertz CT molecular complexity index is 507. The Kier molecular flexibility index (Phi) is 5.71. The van der Waals surface area contributed by atoms with Gasteiger partial charge in [0.2, 0.25) is 10.0 Å². The van der Waals surface area contributed by atoms with Crippen LogP contribution in [-0.2, 0) is 14.8 Å². The second kappa shape index (κ2) is 6.60. The Morgan fingerprint density at radius 2 is 2.17 bits per heavy atom. The summed E-state index contributed by atoms with van der Waals surface area (Å²) >= 11 is 3.07. The summed E-state index contributed by atoms with van der Waals surface area (Å²) in [5.41, 5.74) is 0. The first-order valence-electron chi connectivity index (χ1n) is 5.42. The molecule has 1 unspecified atom stereocenters. The molecular formula is C11H15BrFNO3S. The molecule has 1 atom stereocenters. The molecule has 102 valence electrons. The van der Waals surface area contributed by atoms with Crippen LogP contribution < -0.4 is 4.72 Å². The standard InChI is InChI=1S/C11H15BrFNO3S/c1-3-17-7-8(2)14-18(15,16)11-5-4-9(12)6-10(11)13/h4-6,8,14H,3,7H2,1-2H3. The zero-order valence-electron chi connectivity index (χ0n) is 10.1. The highest BCUT2D eigenvalue weighted by Crippen LogP contribution is 2.19. The molecule has 0 spiro atoms. The van der Waals surface area contributed by atoms with Crippen molar-refractivity contribution in [3.63, 3.8) is 0 Å². The third-order valence-electron chi connectivity index (χ3n) is 2.11. The molecule has 0 aliphatic heterocycles. The van der Waals surface area contributed by atoms with Crippen molar-refractivity contribution in [2.75, 3.05) is 13.2 Å². The van der Waals surface area contributed by atoms with Gasteiger partial charge in [0.1, 0.15) is 10.7 Å². The quantitative estimate of drug-likeness (QED) is 0.865. The smallest absolute Gasteiger partial charge is 0.243 e. The molecule has 0 aliphatic carbocycles. The molecule has 4 nitrogen and oxygen atoms in total. The van der Waals surface area contributed by atoms with Crippen molar-refractivity contribution < 1.29 is 17.5 Å². The molecule has 1 N–H and O–H groups in total. The van der Waals surface area contributed by atoms with Gasteiger partial charge in [0.15, 0.2) is 0 Å². The van der Waals surface area contributed by atoms with Crippen LogP contribution in [0, 0.1) is 5.82 Å². The first-order chi connectivity index (χ1) is 8.36. The maximum absolute atomic E-state index is 13.6. The van der Waals surface area contributed by atoms with E-state index in [2.05, 4.69) is 20.7 Å². The van der Waals surface area contributed by atoms with Crippen LogP contribution in [0.15, 0.2) is 27.6 Å². The highest BCUT2D eigenvalue weighted by atomic mass is 79.9. The molecule has 0 bridgehead atoms. The fourth-order valence-corrected chi connectivity index (χ4v) is 2.97. The molecule has 0 saturated carbocycles. The summed E-state index contributed by atoms with van der Waals surface area (Å²) in [4.78, 5) is -0.367. The number of sulfonamides is 1. The maximum atomic E-state index is 13.6. The van der Waals surface area contributed by atoms with E-state index in [-0.39, 0.29) is 11.5 Å². The average molecular weight is 340 g/mol. The number of benzene rings is 1. The van der Waals surface area contributed by atoms with Gasteiger partial charge in [0.05, 0.1) is 6.61 Å². The fourth-order valence-electron chi connectivity index (χ4n) is 1.35. The lowest BCUT2D eigenvalue weighted by molar-refractivity contribution is 0.133. The largest absolute Gasteiger partial charge is 0.380 e. The molecule has 0 amide bonds. The van der Waals surface area contributed by atoms with E-state index in [0.29, 0.717) is 11.1 Å². The number of halogens is 2. The van der Waals surface area contributed by atoms with Crippen molar-refractivity contribution in [1.29, 1.82) is 0 Å². The Morgan fingerprint density at radius 1 is 1.50 bits per heavy atom. The number of hydrogen-bond donors (Lipinski definition) is 1. The number of rotatable bonds is 6. The minimum Gasteiger partial charge on any atom is -0.380 e. The second-order valence-electron chi connectivity index (χ2n) is 3.76. The fraction of sp³-hybridized carbons (Fsp3) is 0.455. The van der Waals surface area contributed by atoms with E-state index in [1.165, 1.54) is 12.1 Å². The van der Waals surface area contributed by atoms with Crippen LogP contribution in [-0.4, -0.2) is 27.7 Å². The van der Waals surface area contributed by atoms with Gasteiger partial charge in [-0.1, -0.05) is 15.9 Å². The lowest BCUT2D eigenvalue weighted by atomic mass is 10.3. The molecule has 0 heterocycles. The first-order valence-corrected chi connectivity index (χ1v) is 7.69. The second-order valence-corrected chi connectivity index (χ2v) is 6.35. The van der Waals surface area contributed by atoms with Crippen molar-refractivity contribution in [2.24, 2.45) is 0 Å². The molecule has 7 heteroatoms. The van der Waals surface area contributed by atoms with Gasteiger partial charge in [-0.3, -0.25) is 0 Å². The van der Waals surface area contributed by atoms with Crippen LogP contribution in [0.4, 0.5) is 4.39 Å². The molecule has 18 heavy (non-hydrogen) atoms. The van der Waals surface area contributed by atoms with Crippen LogP contribution >= 0.6 is 15.9 Å². The summed E-state index contributed by atoms with van der Waals surface area (Å²) in [6, 6.07) is 3.39. The highest BCUT2D eigenvalue weighted by Gasteiger charge is 2.21. The lowest BCUT2D eigenvalue weighted by Crippen LogP contribution is -2.36.